The molecule has 29 heavy (non-hydrogen) atoms. The number of pyridine rings is 1. The van der Waals surface area contributed by atoms with Gasteiger partial charge in [-0.05, 0) is 36.8 Å². The lowest BCUT2D eigenvalue weighted by atomic mass is 9.73. The first-order valence-corrected chi connectivity index (χ1v) is 9.20. The van der Waals surface area contributed by atoms with Crippen molar-refractivity contribution in [3.8, 4) is 0 Å². The van der Waals surface area contributed by atoms with Gasteiger partial charge in [0, 0.05) is 56.4 Å². The topological polar surface area (TPSA) is 88.3 Å². The molecule has 2 aliphatic rings. The van der Waals surface area contributed by atoms with Crippen LogP contribution in [0.3, 0.4) is 0 Å². The molecule has 1 fully saturated rings. The molecule has 0 aliphatic carbocycles. The molecule has 1 saturated heterocycles. The third-order valence-corrected chi connectivity index (χ3v) is 5.47. The van der Waals surface area contributed by atoms with Crippen LogP contribution in [0.2, 0.25) is 0 Å². The molecule has 0 bridgehead atoms. The molecule has 2 aliphatic heterocycles. The molecular formula is C19H21F3N4O3. The van der Waals surface area contributed by atoms with E-state index in [1.54, 1.807) is 24.5 Å². The average molecular weight is 410 g/mol. The first-order valence-electron chi connectivity index (χ1n) is 9.20. The number of rotatable bonds is 1. The van der Waals surface area contributed by atoms with Crippen LogP contribution in [0, 0.1) is 5.41 Å². The van der Waals surface area contributed by atoms with Crippen molar-refractivity contribution in [1.82, 2.24) is 19.4 Å². The quantitative estimate of drug-likeness (QED) is 0.781. The van der Waals surface area contributed by atoms with Crippen LogP contribution < -0.4 is 0 Å². The second kappa shape index (κ2) is 8.22. The highest BCUT2D eigenvalue weighted by atomic mass is 19.4. The number of aromatic nitrogens is 3. The van der Waals surface area contributed by atoms with E-state index >= 15 is 0 Å². The summed E-state index contributed by atoms with van der Waals surface area (Å²) in [7, 11) is 0. The largest absolute Gasteiger partial charge is 0.490 e. The number of fused-ring (bicyclic) bond motifs is 1. The number of aryl methyl sites for hydroxylation is 1. The van der Waals surface area contributed by atoms with Crippen LogP contribution in [0.5, 0.6) is 0 Å². The summed E-state index contributed by atoms with van der Waals surface area (Å²) in [4.78, 5) is 31.8. The van der Waals surface area contributed by atoms with Crippen LogP contribution in [0.25, 0.3) is 0 Å². The Morgan fingerprint density at radius 3 is 2.28 bits per heavy atom. The van der Waals surface area contributed by atoms with Gasteiger partial charge in [-0.2, -0.15) is 13.2 Å². The number of alkyl halides is 3. The molecule has 0 unspecified atom stereocenters. The van der Waals surface area contributed by atoms with Crippen LogP contribution in [0.4, 0.5) is 13.2 Å². The molecule has 7 nitrogen and oxygen atoms in total. The number of carboxylic acid groups (broad SMARTS) is 1. The molecule has 0 radical (unpaired) electrons. The van der Waals surface area contributed by atoms with Crippen LogP contribution in [-0.2, 0) is 17.8 Å². The molecular weight excluding hydrogens is 389 g/mol. The van der Waals surface area contributed by atoms with Gasteiger partial charge in [0.15, 0.2) is 0 Å². The molecule has 0 aromatic carbocycles. The molecule has 4 heterocycles. The third-order valence-electron chi connectivity index (χ3n) is 5.47. The summed E-state index contributed by atoms with van der Waals surface area (Å²) in [5.41, 5.74) is 1.09. The minimum atomic E-state index is -5.08. The summed E-state index contributed by atoms with van der Waals surface area (Å²) in [6.45, 7) is 2.76. The lowest BCUT2D eigenvalue weighted by molar-refractivity contribution is -0.192. The number of hydrogen-bond acceptors (Lipinski definition) is 4. The van der Waals surface area contributed by atoms with Crippen molar-refractivity contribution in [2.75, 3.05) is 13.1 Å². The fourth-order valence-corrected chi connectivity index (χ4v) is 3.80. The van der Waals surface area contributed by atoms with Crippen LogP contribution in [0.15, 0.2) is 36.9 Å². The first-order chi connectivity index (χ1) is 13.7. The van der Waals surface area contributed by atoms with E-state index in [2.05, 4.69) is 20.7 Å². The Balaban J connectivity index is 0.000000298. The summed E-state index contributed by atoms with van der Waals surface area (Å²) < 4.78 is 34.0. The predicted molar refractivity (Wildman–Crippen MR) is 96.0 cm³/mol. The molecule has 1 spiro atoms. The standard InChI is InChI=1S/C17H20N4O.C2HF3O2/c22-16(14-2-7-18-8-3-14)20-10-5-17(6-11-20)4-1-15-19-9-12-21(15)13-17;3-2(4,5)1(6)7/h2-3,7-9,12H,1,4-6,10-11,13H2;(H,6,7). The normalized spacial score (nSPS) is 17.8. The summed E-state index contributed by atoms with van der Waals surface area (Å²) >= 11 is 0. The number of hydrogen-bond donors (Lipinski definition) is 1. The summed E-state index contributed by atoms with van der Waals surface area (Å²) in [5, 5.41) is 7.12. The van der Waals surface area contributed by atoms with Crippen LogP contribution in [0.1, 0.15) is 35.4 Å². The molecule has 0 saturated carbocycles. The fourth-order valence-electron chi connectivity index (χ4n) is 3.80. The van der Waals surface area contributed by atoms with Crippen molar-refractivity contribution in [3.05, 3.63) is 48.3 Å². The highest BCUT2D eigenvalue weighted by Gasteiger charge is 2.39. The lowest BCUT2D eigenvalue weighted by Crippen LogP contribution is -2.46. The van der Waals surface area contributed by atoms with Crippen molar-refractivity contribution in [2.45, 2.75) is 38.4 Å². The summed E-state index contributed by atoms with van der Waals surface area (Å²) in [6, 6.07) is 3.59. The maximum atomic E-state index is 12.5. The minimum Gasteiger partial charge on any atom is -0.475 e. The van der Waals surface area contributed by atoms with Gasteiger partial charge in [-0.25, -0.2) is 9.78 Å². The molecule has 2 aromatic heterocycles. The van der Waals surface area contributed by atoms with E-state index in [-0.39, 0.29) is 5.91 Å². The van der Waals surface area contributed by atoms with E-state index in [1.165, 1.54) is 12.2 Å². The molecule has 4 rings (SSSR count). The van der Waals surface area contributed by atoms with Gasteiger partial charge >= 0.3 is 12.1 Å². The van der Waals surface area contributed by atoms with Crippen LogP contribution >= 0.6 is 0 Å². The second-order valence-electron chi connectivity index (χ2n) is 7.30. The number of likely N-dealkylation sites (tertiary alicyclic amines) is 1. The smallest absolute Gasteiger partial charge is 0.475 e. The Morgan fingerprint density at radius 1 is 1.07 bits per heavy atom. The molecule has 1 amide bonds. The highest BCUT2D eigenvalue weighted by molar-refractivity contribution is 5.94. The van der Waals surface area contributed by atoms with Crippen molar-refractivity contribution in [2.24, 2.45) is 5.41 Å². The van der Waals surface area contributed by atoms with Gasteiger partial charge in [0.1, 0.15) is 5.82 Å². The highest BCUT2D eigenvalue weighted by Crippen LogP contribution is 2.40. The maximum absolute atomic E-state index is 12.5. The zero-order chi connectivity index (χ0) is 21.1. The van der Waals surface area contributed by atoms with Gasteiger partial charge in [-0.3, -0.25) is 9.78 Å². The Morgan fingerprint density at radius 2 is 1.69 bits per heavy atom. The zero-order valence-electron chi connectivity index (χ0n) is 15.6. The first kappa shape index (κ1) is 20.8. The molecule has 1 N–H and O–H groups in total. The van der Waals surface area contributed by atoms with E-state index < -0.39 is 12.1 Å². The van der Waals surface area contributed by atoms with Gasteiger partial charge in [0.25, 0.3) is 5.91 Å². The number of carbonyl (C=O) groups excluding carboxylic acids is 1. The monoisotopic (exact) mass is 410 g/mol. The number of halogens is 3. The summed E-state index contributed by atoms with van der Waals surface area (Å²) in [5.74, 6) is -1.41. The number of piperidine rings is 1. The number of aliphatic carboxylic acids is 1. The average Bonchev–Trinajstić information content (AvgIpc) is 3.16. The molecule has 10 heteroatoms. The Labute approximate surface area is 165 Å². The number of carboxylic acids is 1. The van der Waals surface area contributed by atoms with Gasteiger partial charge in [0.2, 0.25) is 0 Å². The summed E-state index contributed by atoms with van der Waals surface area (Å²) in [6.07, 6.45) is 6.69. The SMILES string of the molecule is O=C(O)C(F)(F)F.O=C(c1ccncc1)N1CCC2(CCc3nccn3C2)CC1. The Hall–Kier alpha value is -2.91. The van der Waals surface area contributed by atoms with Crippen molar-refractivity contribution < 1.29 is 27.9 Å². The lowest BCUT2D eigenvalue weighted by Gasteiger charge is -2.44. The zero-order valence-corrected chi connectivity index (χ0v) is 15.6. The molecule has 2 aromatic rings. The predicted octanol–water partition coefficient (Wildman–Crippen LogP) is 2.78. The van der Waals surface area contributed by atoms with E-state index in [0.717, 1.165) is 44.5 Å². The minimum absolute atomic E-state index is 0.136. The van der Waals surface area contributed by atoms with E-state index in [9.17, 15) is 18.0 Å². The number of carbonyl (C=O) groups is 2. The fraction of sp³-hybridized carbons (Fsp3) is 0.474. The third kappa shape index (κ3) is 4.93. The maximum Gasteiger partial charge on any atom is 0.490 e. The second-order valence-corrected chi connectivity index (χ2v) is 7.30. The Kier molecular flexibility index (Phi) is 5.90. The van der Waals surface area contributed by atoms with E-state index in [0.29, 0.717) is 5.41 Å². The van der Waals surface area contributed by atoms with Gasteiger partial charge in [0.05, 0.1) is 0 Å². The Bertz CT molecular complexity index is 859. The number of amides is 1. The van der Waals surface area contributed by atoms with Gasteiger partial charge in [-0.15, -0.1) is 0 Å². The van der Waals surface area contributed by atoms with Crippen molar-refractivity contribution in [3.63, 3.8) is 0 Å². The molecule has 156 valence electrons. The van der Waals surface area contributed by atoms with E-state index in [1.807, 2.05) is 11.1 Å². The number of imidazole rings is 1. The van der Waals surface area contributed by atoms with Crippen molar-refractivity contribution >= 4 is 11.9 Å². The van der Waals surface area contributed by atoms with E-state index in [4.69, 9.17) is 9.90 Å². The van der Waals surface area contributed by atoms with Gasteiger partial charge < -0.3 is 14.6 Å². The van der Waals surface area contributed by atoms with Crippen LogP contribution in [-0.4, -0.2) is 55.7 Å². The van der Waals surface area contributed by atoms with Crippen molar-refractivity contribution in [1.29, 1.82) is 0 Å². The molecule has 0 atom stereocenters. The van der Waals surface area contributed by atoms with Gasteiger partial charge in [-0.1, -0.05) is 0 Å². The number of nitrogens with zero attached hydrogens (tertiary/aromatic N) is 4.